The molecule has 0 fully saturated rings. The molecule has 1 N–H and O–H groups in total. The Morgan fingerprint density at radius 1 is 1.23 bits per heavy atom. The summed E-state index contributed by atoms with van der Waals surface area (Å²) in [6.07, 6.45) is 1.26. The fourth-order valence-electron chi connectivity index (χ4n) is 1.73. The number of nitro benzene ring substituents is 1. The summed E-state index contributed by atoms with van der Waals surface area (Å²) in [5.74, 6) is -2.61. The zero-order valence-electron chi connectivity index (χ0n) is 10.8. The quantitative estimate of drug-likeness (QED) is 0.667. The maximum atomic E-state index is 12.2. The first-order chi connectivity index (χ1) is 10.4. The van der Waals surface area contributed by atoms with Crippen LogP contribution in [0.15, 0.2) is 36.5 Å². The maximum absolute atomic E-state index is 12.2. The zero-order chi connectivity index (χ0) is 16.3. The minimum absolute atomic E-state index is 0.0665. The summed E-state index contributed by atoms with van der Waals surface area (Å²) in [4.78, 5) is 37.1. The standard InChI is InChI=1S/C13H8ClN3O5/c14-7-4-5-10(15-6-7)16-12(18)11-8(13(19)20)2-1-3-9(11)17(21)22/h1-6H,(H,19,20)(H,15,16,18)/p-1. The van der Waals surface area contributed by atoms with Crippen molar-refractivity contribution >= 4 is 35.0 Å². The van der Waals surface area contributed by atoms with E-state index in [9.17, 15) is 24.8 Å². The van der Waals surface area contributed by atoms with E-state index in [0.717, 1.165) is 18.2 Å². The van der Waals surface area contributed by atoms with Crippen molar-refractivity contribution in [3.63, 3.8) is 0 Å². The highest BCUT2D eigenvalue weighted by atomic mass is 35.5. The molecule has 1 aromatic carbocycles. The number of anilines is 1. The summed E-state index contributed by atoms with van der Waals surface area (Å²) in [6, 6.07) is 6.04. The van der Waals surface area contributed by atoms with Crippen LogP contribution in [0.5, 0.6) is 0 Å². The van der Waals surface area contributed by atoms with Gasteiger partial charge >= 0.3 is 0 Å². The number of carboxylic acid groups (broad SMARTS) is 1. The minimum atomic E-state index is -1.70. The lowest BCUT2D eigenvalue weighted by molar-refractivity contribution is -0.385. The van der Waals surface area contributed by atoms with Gasteiger partial charge in [-0.25, -0.2) is 4.98 Å². The van der Waals surface area contributed by atoms with Crippen LogP contribution < -0.4 is 10.4 Å². The topological polar surface area (TPSA) is 125 Å². The molecule has 0 radical (unpaired) electrons. The summed E-state index contributed by atoms with van der Waals surface area (Å²) in [5, 5.41) is 24.6. The van der Waals surface area contributed by atoms with Crippen LogP contribution in [0.1, 0.15) is 20.7 Å². The number of hydrogen-bond acceptors (Lipinski definition) is 6. The van der Waals surface area contributed by atoms with Crippen molar-refractivity contribution in [2.24, 2.45) is 0 Å². The first-order valence-corrected chi connectivity index (χ1v) is 6.19. The monoisotopic (exact) mass is 320 g/mol. The van der Waals surface area contributed by atoms with Gasteiger partial charge in [-0.2, -0.15) is 0 Å². The predicted octanol–water partition coefficient (Wildman–Crippen LogP) is 1.26. The molecule has 2 aromatic rings. The Kier molecular flexibility index (Phi) is 4.33. The highest BCUT2D eigenvalue weighted by Crippen LogP contribution is 2.23. The van der Waals surface area contributed by atoms with E-state index in [4.69, 9.17) is 11.6 Å². The molecule has 0 aliphatic rings. The van der Waals surface area contributed by atoms with Crippen LogP contribution in [-0.2, 0) is 0 Å². The highest BCUT2D eigenvalue weighted by molar-refractivity contribution is 6.30. The van der Waals surface area contributed by atoms with Gasteiger partial charge in [0, 0.05) is 17.8 Å². The second-order valence-electron chi connectivity index (χ2n) is 4.06. The third kappa shape index (κ3) is 3.18. The van der Waals surface area contributed by atoms with Crippen molar-refractivity contribution in [2.45, 2.75) is 0 Å². The Bertz CT molecular complexity index is 729. The van der Waals surface area contributed by atoms with Crippen molar-refractivity contribution in [1.82, 2.24) is 4.98 Å². The number of benzene rings is 1. The molecule has 0 aliphatic carbocycles. The fraction of sp³-hybridized carbons (Fsp3) is 0. The van der Waals surface area contributed by atoms with Gasteiger partial charge in [0.05, 0.1) is 15.9 Å². The Hall–Kier alpha value is -3.00. The van der Waals surface area contributed by atoms with Crippen molar-refractivity contribution in [1.29, 1.82) is 0 Å². The number of carbonyl (C=O) groups excluding carboxylic acids is 2. The molecule has 0 atom stereocenters. The Morgan fingerprint density at radius 2 is 1.95 bits per heavy atom. The lowest BCUT2D eigenvalue weighted by atomic mass is 10.0. The SMILES string of the molecule is O=C([O-])c1cccc([N+](=O)[O-])c1C(=O)Nc1ccc(Cl)cn1. The van der Waals surface area contributed by atoms with Gasteiger partial charge in [0.2, 0.25) is 0 Å². The molecule has 0 saturated heterocycles. The van der Waals surface area contributed by atoms with Crippen LogP contribution in [-0.4, -0.2) is 21.8 Å². The predicted molar refractivity (Wildman–Crippen MR) is 74.6 cm³/mol. The summed E-state index contributed by atoms with van der Waals surface area (Å²) in [6.45, 7) is 0. The average Bonchev–Trinajstić information content (AvgIpc) is 2.48. The average molecular weight is 321 g/mol. The van der Waals surface area contributed by atoms with Crippen LogP contribution in [0.3, 0.4) is 0 Å². The van der Waals surface area contributed by atoms with Crippen LogP contribution >= 0.6 is 11.6 Å². The van der Waals surface area contributed by atoms with E-state index in [2.05, 4.69) is 10.3 Å². The number of hydrogen-bond donors (Lipinski definition) is 1. The minimum Gasteiger partial charge on any atom is -0.545 e. The van der Waals surface area contributed by atoms with E-state index in [1.54, 1.807) is 0 Å². The molecule has 112 valence electrons. The van der Waals surface area contributed by atoms with Gasteiger partial charge in [-0.3, -0.25) is 14.9 Å². The lowest BCUT2D eigenvalue weighted by Gasteiger charge is -2.10. The molecule has 1 heterocycles. The van der Waals surface area contributed by atoms with Gasteiger partial charge < -0.3 is 15.2 Å². The molecule has 1 amide bonds. The van der Waals surface area contributed by atoms with E-state index >= 15 is 0 Å². The third-order valence-electron chi connectivity index (χ3n) is 2.66. The summed E-state index contributed by atoms with van der Waals surface area (Å²) in [7, 11) is 0. The van der Waals surface area contributed by atoms with Gasteiger partial charge in [0.1, 0.15) is 11.4 Å². The van der Waals surface area contributed by atoms with Gasteiger partial charge in [0.25, 0.3) is 11.6 Å². The van der Waals surface area contributed by atoms with Crippen LogP contribution in [0.4, 0.5) is 11.5 Å². The molecule has 0 aliphatic heterocycles. The van der Waals surface area contributed by atoms with Crippen molar-refractivity contribution in [3.05, 3.63) is 62.8 Å². The lowest BCUT2D eigenvalue weighted by Crippen LogP contribution is -2.27. The van der Waals surface area contributed by atoms with Crippen LogP contribution in [0.25, 0.3) is 0 Å². The number of rotatable bonds is 4. The zero-order valence-corrected chi connectivity index (χ0v) is 11.5. The van der Waals surface area contributed by atoms with E-state index < -0.39 is 33.6 Å². The maximum Gasteiger partial charge on any atom is 0.282 e. The first kappa shape index (κ1) is 15.4. The fourth-order valence-corrected chi connectivity index (χ4v) is 1.84. The second kappa shape index (κ2) is 6.19. The number of carbonyl (C=O) groups is 2. The largest absolute Gasteiger partial charge is 0.545 e. The van der Waals surface area contributed by atoms with E-state index in [1.165, 1.54) is 18.3 Å². The Balaban J connectivity index is 2.45. The summed E-state index contributed by atoms with van der Waals surface area (Å²) in [5.41, 5.74) is -1.84. The molecule has 0 spiro atoms. The van der Waals surface area contributed by atoms with E-state index in [1.807, 2.05) is 0 Å². The van der Waals surface area contributed by atoms with Crippen LogP contribution in [0, 0.1) is 10.1 Å². The molecule has 0 unspecified atom stereocenters. The smallest absolute Gasteiger partial charge is 0.282 e. The number of amides is 1. The van der Waals surface area contributed by atoms with Gasteiger partial charge in [-0.15, -0.1) is 0 Å². The van der Waals surface area contributed by atoms with Gasteiger partial charge in [0.15, 0.2) is 0 Å². The number of nitrogens with one attached hydrogen (secondary N) is 1. The second-order valence-corrected chi connectivity index (χ2v) is 4.50. The Morgan fingerprint density at radius 3 is 2.50 bits per heavy atom. The summed E-state index contributed by atoms with van der Waals surface area (Å²) >= 11 is 5.65. The van der Waals surface area contributed by atoms with E-state index in [-0.39, 0.29) is 5.82 Å². The number of aromatic carboxylic acids is 1. The van der Waals surface area contributed by atoms with E-state index in [0.29, 0.717) is 5.02 Å². The number of halogens is 1. The van der Waals surface area contributed by atoms with Crippen molar-refractivity contribution < 1.29 is 19.6 Å². The number of pyridine rings is 1. The first-order valence-electron chi connectivity index (χ1n) is 5.82. The van der Waals surface area contributed by atoms with Gasteiger partial charge in [-0.05, 0) is 12.1 Å². The molecule has 0 bridgehead atoms. The highest BCUT2D eigenvalue weighted by Gasteiger charge is 2.24. The number of aromatic nitrogens is 1. The molecule has 0 saturated carbocycles. The molecule has 22 heavy (non-hydrogen) atoms. The number of carboxylic acids is 1. The molecule has 2 rings (SSSR count). The van der Waals surface area contributed by atoms with Crippen LogP contribution in [0.2, 0.25) is 5.02 Å². The molecule has 8 nitrogen and oxygen atoms in total. The molecule has 9 heteroatoms. The molecular formula is C13H7ClN3O5-. The van der Waals surface area contributed by atoms with Crippen molar-refractivity contribution in [3.8, 4) is 0 Å². The molecular weight excluding hydrogens is 314 g/mol. The van der Waals surface area contributed by atoms with Crippen molar-refractivity contribution in [2.75, 3.05) is 5.32 Å². The molecule has 1 aromatic heterocycles. The summed E-state index contributed by atoms with van der Waals surface area (Å²) < 4.78 is 0. The van der Waals surface area contributed by atoms with Gasteiger partial charge in [-0.1, -0.05) is 23.7 Å². The Labute approximate surface area is 128 Å². The number of nitro groups is 1. The number of nitrogens with zero attached hydrogens (tertiary/aromatic N) is 2. The normalized spacial score (nSPS) is 10.0. The third-order valence-corrected chi connectivity index (χ3v) is 2.88.